The maximum absolute atomic E-state index is 4.50. The van der Waals surface area contributed by atoms with Gasteiger partial charge in [-0.25, -0.2) is 9.97 Å². The van der Waals surface area contributed by atoms with Gasteiger partial charge in [-0.1, -0.05) is 38.5 Å². The van der Waals surface area contributed by atoms with Crippen LogP contribution in [-0.4, -0.2) is 28.3 Å². The Morgan fingerprint density at radius 2 is 2.00 bits per heavy atom. The molecule has 0 saturated heterocycles. The smallest absolute Gasteiger partial charge is 0.117 e. The number of nitrogens with one attached hydrogen (secondary N) is 1. The fourth-order valence-corrected chi connectivity index (χ4v) is 3.79. The van der Waals surface area contributed by atoms with Gasteiger partial charge in [-0.05, 0) is 26.0 Å². The van der Waals surface area contributed by atoms with E-state index in [1.54, 1.807) is 6.33 Å². The summed E-state index contributed by atoms with van der Waals surface area (Å²) in [4.78, 5) is 8.83. The number of hydrogen-bond donors (Lipinski definition) is 1. The quantitative estimate of drug-likeness (QED) is 0.620. The lowest BCUT2D eigenvalue weighted by Crippen LogP contribution is -2.35. The lowest BCUT2D eigenvalue weighted by Gasteiger charge is -2.25. The summed E-state index contributed by atoms with van der Waals surface area (Å²) >= 11 is 1.88. The highest BCUT2D eigenvalue weighted by Gasteiger charge is 2.20. The van der Waals surface area contributed by atoms with E-state index in [2.05, 4.69) is 48.3 Å². The van der Waals surface area contributed by atoms with Crippen LogP contribution in [0.1, 0.15) is 33.1 Å². The number of hydrogen-bond acceptors (Lipinski definition) is 4. The maximum Gasteiger partial charge on any atom is 0.117 e. The van der Waals surface area contributed by atoms with E-state index in [9.17, 15) is 0 Å². The second-order valence-electron chi connectivity index (χ2n) is 4.94. The average Bonchev–Trinajstić information content (AvgIpc) is 2.50. The van der Waals surface area contributed by atoms with Crippen LogP contribution >= 0.6 is 11.8 Å². The van der Waals surface area contributed by atoms with Gasteiger partial charge in [-0.2, -0.15) is 0 Å². The van der Waals surface area contributed by atoms with E-state index in [4.69, 9.17) is 0 Å². The molecule has 2 atom stereocenters. The first-order valence-corrected chi connectivity index (χ1v) is 8.21. The van der Waals surface area contributed by atoms with E-state index in [1.165, 1.54) is 12.8 Å². The van der Waals surface area contributed by atoms with E-state index in [-0.39, 0.29) is 0 Å². The maximum atomic E-state index is 4.50. The molecule has 4 heteroatoms. The van der Waals surface area contributed by atoms with Crippen molar-refractivity contribution in [2.45, 2.75) is 49.4 Å². The van der Waals surface area contributed by atoms with E-state index < -0.39 is 0 Å². The Morgan fingerprint density at radius 1 is 1.20 bits per heavy atom. The molecule has 1 aromatic carbocycles. The second-order valence-corrected chi connectivity index (χ2v) is 6.17. The number of fused-ring (bicyclic) bond motifs is 1. The molecule has 2 rings (SSSR count). The Bertz CT molecular complexity index is 539. The average molecular weight is 289 g/mol. The molecule has 1 heterocycles. The summed E-state index contributed by atoms with van der Waals surface area (Å²) in [6.07, 6.45) is 5.21. The van der Waals surface area contributed by atoms with Crippen molar-refractivity contribution in [3.8, 4) is 0 Å². The van der Waals surface area contributed by atoms with Gasteiger partial charge in [0.15, 0.2) is 0 Å². The summed E-state index contributed by atoms with van der Waals surface area (Å²) in [5.41, 5.74) is 1.02. The third kappa shape index (κ3) is 3.49. The minimum atomic E-state index is 0.531. The van der Waals surface area contributed by atoms with Crippen molar-refractivity contribution in [1.29, 1.82) is 0 Å². The van der Waals surface area contributed by atoms with Crippen LogP contribution in [0.15, 0.2) is 35.6 Å². The largest absolute Gasteiger partial charge is 0.316 e. The first-order chi connectivity index (χ1) is 9.80. The second kappa shape index (κ2) is 7.60. The molecule has 0 aliphatic carbocycles. The highest BCUT2D eigenvalue weighted by atomic mass is 32.2. The third-order valence-corrected chi connectivity index (χ3v) is 5.10. The molecule has 2 aromatic rings. The summed E-state index contributed by atoms with van der Waals surface area (Å²) in [5.74, 6) is 0. The Labute approximate surface area is 125 Å². The number of benzene rings is 1. The van der Waals surface area contributed by atoms with Crippen molar-refractivity contribution in [3.63, 3.8) is 0 Å². The highest BCUT2D eigenvalue weighted by molar-refractivity contribution is 8.00. The number of nitrogens with zero attached hydrogens (tertiary/aromatic N) is 2. The van der Waals surface area contributed by atoms with Gasteiger partial charge in [0.1, 0.15) is 11.4 Å². The molecular formula is C16H23N3S. The Morgan fingerprint density at radius 3 is 2.70 bits per heavy atom. The van der Waals surface area contributed by atoms with Gasteiger partial charge in [0, 0.05) is 16.7 Å². The first kappa shape index (κ1) is 15.3. The van der Waals surface area contributed by atoms with E-state index in [1.807, 2.05) is 23.9 Å². The first-order valence-electron chi connectivity index (χ1n) is 7.33. The Balaban J connectivity index is 2.25. The van der Waals surface area contributed by atoms with Gasteiger partial charge in [0.25, 0.3) is 0 Å². The van der Waals surface area contributed by atoms with E-state index in [0.717, 1.165) is 22.3 Å². The van der Waals surface area contributed by atoms with Crippen LogP contribution in [0.2, 0.25) is 0 Å². The standard InChI is InChI=1S/C16H23N3S/c1-4-8-14(17-3)15(5-2)20-16-12-9-6-7-10-13(12)18-11-19-16/h6-7,9-11,14-15,17H,4-5,8H2,1-3H3. The van der Waals surface area contributed by atoms with Crippen LogP contribution in [0.4, 0.5) is 0 Å². The molecule has 0 aliphatic rings. The van der Waals surface area contributed by atoms with Crippen molar-refractivity contribution < 1.29 is 0 Å². The molecule has 0 radical (unpaired) electrons. The van der Waals surface area contributed by atoms with Crippen molar-refractivity contribution >= 4 is 22.7 Å². The summed E-state index contributed by atoms with van der Waals surface area (Å²) in [7, 11) is 2.06. The minimum Gasteiger partial charge on any atom is -0.316 e. The lowest BCUT2D eigenvalue weighted by molar-refractivity contribution is 0.490. The van der Waals surface area contributed by atoms with Gasteiger partial charge in [0.05, 0.1) is 5.52 Å². The van der Waals surface area contributed by atoms with Crippen molar-refractivity contribution in [2.75, 3.05) is 7.05 Å². The zero-order valence-electron chi connectivity index (χ0n) is 12.5. The number of thioether (sulfide) groups is 1. The molecule has 0 spiro atoms. The fraction of sp³-hybridized carbons (Fsp3) is 0.500. The summed E-state index contributed by atoms with van der Waals surface area (Å²) in [5, 5.41) is 6.25. The Kier molecular flexibility index (Phi) is 5.80. The van der Waals surface area contributed by atoms with Gasteiger partial charge in [-0.15, -0.1) is 11.8 Å². The van der Waals surface area contributed by atoms with E-state index >= 15 is 0 Å². The Hall–Kier alpha value is -1.13. The van der Waals surface area contributed by atoms with Crippen LogP contribution < -0.4 is 5.32 Å². The number of para-hydroxylation sites is 1. The van der Waals surface area contributed by atoms with Crippen LogP contribution in [0.3, 0.4) is 0 Å². The van der Waals surface area contributed by atoms with Crippen LogP contribution in [0, 0.1) is 0 Å². The third-order valence-electron chi connectivity index (χ3n) is 3.59. The zero-order chi connectivity index (χ0) is 14.4. The summed E-state index contributed by atoms with van der Waals surface area (Å²) in [6.45, 7) is 4.49. The summed E-state index contributed by atoms with van der Waals surface area (Å²) in [6, 6.07) is 8.76. The van der Waals surface area contributed by atoms with Crippen LogP contribution in [0.25, 0.3) is 10.9 Å². The lowest BCUT2D eigenvalue weighted by atomic mass is 10.1. The monoisotopic (exact) mass is 289 g/mol. The van der Waals surface area contributed by atoms with Crippen LogP contribution in [-0.2, 0) is 0 Å². The fourth-order valence-electron chi connectivity index (χ4n) is 2.49. The molecule has 3 nitrogen and oxygen atoms in total. The van der Waals surface area contributed by atoms with Gasteiger partial charge >= 0.3 is 0 Å². The molecule has 1 N–H and O–H groups in total. The van der Waals surface area contributed by atoms with Gasteiger partial charge in [-0.3, -0.25) is 0 Å². The predicted molar refractivity (Wildman–Crippen MR) is 87.2 cm³/mol. The summed E-state index contributed by atoms with van der Waals surface area (Å²) < 4.78 is 0. The molecule has 0 bridgehead atoms. The molecule has 108 valence electrons. The molecule has 2 unspecified atom stereocenters. The minimum absolute atomic E-state index is 0.531. The number of aromatic nitrogens is 2. The highest BCUT2D eigenvalue weighted by Crippen LogP contribution is 2.31. The van der Waals surface area contributed by atoms with E-state index in [0.29, 0.717) is 11.3 Å². The molecule has 0 fully saturated rings. The predicted octanol–water partition coefficient (Wildman–Crippen LogP) is 3.89. The van der Waals surface area contributed by atoms with Crippen molar-refractivity contribution in [3.05, 3.63) is 30.6 Å². The van der Waals surface area contributed by atoms with Gasteiger partial charge in [0.2, 0.25) is 0 Å². The topological polar surface area (TPSA) is 37.8 Å². The van der Waals surface area contributed by atoms with Crippen LogP contribution in [0.5, 0.6) is 0 Å². The molecule has 1 aromatic heterocycles. The molecule has 20 heavy (non-hydrogen) atoms. The molecule has 0 amide bonds. The van der Waals surface area contributed by atoms with Gasteiger partial charge < -0.3 is 5.32 Å². The normalized spacial score (nSPS) is 14.3. The molecule has 0 aliphatic heterocycles. The molecule has 0 saturated carbocycles. The number of rotatable bonds is 7. The SMILES string of the molecule is CCCC(NC)C(CC)Sc1ncnc2ccccc12. The van der Waals surface area contributed by atoms with Crippen molar-refractivity contribution in [1.82, 2.24) is 15.3 Å². The molecular weight excluding hydrogens is 266 g/mol. The zero-order valence-corrected chi connectivity index (χ0v) is 13.3. The van der Waals surface area contributed by atoms with Crippen molar-refractivity contribution in [2.24, 2.45) is 0 Å².